The number of benzene rings is 3. The Morgan fingerprint density at radius 1 is 1.07 bits per heavy atom. The number of hydrogen-bond acceptors (Lipinski definition) is 4. The molecule has 4 aromatic rings. The maximum Gasteiger partial charge on any atom is 0.258 e. The van der Waals surface area contributed by atoms with E-state index in [2.05, 4.69) is 28.6 Å². The zero-order valence-electron chi connectivity index (χ0n) is 16.3. The number of fused-ring (bicyclic) bond motifs is 1. The van der Waals surface area contributed by atoms with Crippen molar-refractivity contribution in [2.75, 3.05) is 5.32 Å². The third-order valence-corrected chi connectivity index (χ3v) is 5.36. The Morgan fingerprint density at radius 2 is 1.87 bits per heavy atom. The summed E-state index contributed by atoms with van der Waals surface area (Å²) in [5.41, 5.74) is 5.67. The van der Waals surface area contributed by atoms with E-state index in [1.807, 2.05) is 37.3 Å². The van der Waals surface area contributed by atoms with Crippen LogP contribution in [0.2, 0.25) is 5.02 Å². The third kappa shape index (κ3) is 4.06. The molecule has 150 valence electrons. The minimum absolute atomic E-state index is 0.164. The fourth-order valence-corrected chi connectivity index (χ4v) is 3.51. The van der Waals surface area contributed by atoms with Crippen molar-refractivity contribution in [3.8, 4) is 11.5 Å². The van der Waals surface area contributed by atoms with Gasteiger partial charge in [0.05, 0.1) is 10.6 Å². The van der Waals surface area contributed by atoms with Crippen molar-refractivity contribution in [3.63, 3.8) is 0 Å². The van der Waals surface area contributed by atoms with E-state index in [0.29, 0.717) is 33.3 Å². The van der Waals surface area contributed by atoms with Crippen molar-refractivity contribution in [3.05, 3.63) is 82.4 Å². The Morgan fingerprint density at radius 3 is 2.67 bits per heavy atom. The number of carbonyl (C=O) groups excluding carboxylic acids is 1. The topological polar surface area (TPSA) is 67.2 Å². The van der Waals surface area contributed by atoms with Gasteiger partial charge >= 0.3 is 0 Å². The summed E-state index contributed by atoms with van der Waals surface area (Å²) in [6.45, 7) is 4.11. The van der Waals surface area contributed by atoms with Gasteiger partial charge in [0.15, 0.2) is 10.7 Å². The van der Waals surface area contributed by atoms with Crippen LogP contribution in [0, 0.1) is 13.8 Å². The number of halogens is 1. The molecule has 30 heavy (non-hydrogen) atoms. The number of rotatable bonds is 3. The van der Waals surface area contributed by atoms with Gasteiger partial charge in [-0.15, -0.1) is 0 Å². The van der Waals surface area contributed by atoms with Crippen molar-refractivity contribution in [2.24, 2.45) is 0 Å². The molecule has 0 aliphatic carbocycles. The van der Waals surface area contributed by atoms with E-state index < -0.39 is 0 Å². The van der Waals surface area contributed by atoms with Gasteiger partial charge in [-0.05, 0) is 73.6 Å². The largest absolute Gasteiger partial charge is 0.436 e. The Labute approximate surface area is 184 Å². The number of nitrogens with zero attached hydrogens (tertiary/aromatic N) is 1. The lowest BCUT2D eigenvalue weighted by Gasteiger charge is -2.10. The number of oxazole rings is 1. The van der Waals surface area contributed by atoms with Crippen LogP contribution < -0.4 is 10.6 Å². The highest BCUT2D eigenvalue weighted by atomic mass is 35.5. The Balaban J connectivity index is 1.52. The summed E-state index contributed by atoms with van der Waals surface area (Å²) in [6, 6.07) is 18.3. The molecule has 0 atom stereocenters. The number of aryl methyl sites for hydroxylation is 1. The van der Waals surface area contributed by atoms with Gasteiger partial charge in [0.1, 0.15) is 5.52 Å². The first kappa shape index (κ1) is 20.1. The summed E-state index contributed by atoms with van der Waals surface area (Å²) in [6.07, 6.45) is 0. The fraction of sp³-hybridized carbons (Fsp3) is 0.0870. The smallest absolute Gasteiger partial charge is 0.258 e. The van der Waals surface area contributed by atoms with Gasteiger partial charge in [0, 0.05) is 11.3 Å². The van der Waals surface area contributed by atoms with E-state index in [1.165, 1.54) is 5.56 Å². The van der Waals surface area contributed by atoms with Gasteiger partial charge < -0.3 is 9.73 Å². The quantitative estimate of drug-likeness (QED) is 0.392. The van der Waals surface area contributed by atoms with Crippen LogP contribution in [0.3, 0.4) is 0 Å². The van der Waals surface area contributed by atoms with Crippen LogP contribution in [0.25, 0.3) is 22.6 Å². The second kappa shape index (κ2) is 8.26. The van der Waals surface area contributed by atoms with Crippen LogP contribution in [0.4, 0.5) is 5.69 Å². The van der Waals surface area contributed by atoms with E-state index in [-0.39, 0.29) is 11.0 Å². The van der Waals surface area contributed by atoms with E-state index in [1.54, 1.807) is 24.3 Å². The third-order valence-electron chi connectivity index (χ3n) is 4.83. The first-order chi connectivity index (χ1) is 14.4. The number of carbonyl (C=O) groups is 1. The average Bonchev–Trinajstić information content (AvgIpc) is 3.13. The summed E-state index contributed by atoms with van der Waals surface area (Å²) in [5, 5.41) is 6.16. The maximum absolute atomic E-state index is 12.3. The molecule has 5 nitrogen and oxygen atoms in total. The van der Waals surface area contributed by atoms with E-state index >= 15 is 0 Å². The Hall–Kier alpha value is -3.22. The molecule has 0 spiro atoms. The van der Waals surface area contributed by atoms with Gasteiger partial charge in [-0.1, -0.05) is 35.9 Å². The molecule has 1 amide bonds. The molecule has 0 bridgehead atoms. The second-order valence-corrected chi connectivity index (χ2v) is 7.65. The number of hydrogen-bond donors (Lipinski definition) is 2. The van der Waals surface area contributed by atoms with Gasteiger partial charge in [0.25, 0.3) is 5.91 Å². The zero-order chi connectivity index (χ0) is 21.3. The van der Waals surface area contributed by atoms with Crippen LogP contribution in [0.15, 0.2) is 65.1 Å². The molecule has 4 rings (SSSR count). The van der Waals surface area contributed by atoms with Crippen molar-refractivity contribution < 1.29 is 9.21 Å². The lowest BCUT2D eigenvalue weighted by Crippen LogP contribution is -2.34. The number of aromatic nitrogens is 1. The monoisotopic (exact) mass is 435 g/mol. The summed E-state index contributed by atoms with van der Waals surface area (Å²) in [4.78, 5) is 17.0. The lowest BCUT2D eigenvalue weighted by molar-refractivity contribution is 0.0978. The van der Waals surface area contributed by atoms with Gasteiger partial charge in [0.2, 0.25) is 5.89 Å². The predicted octanol–water partition coefficient (Wildman–Crippen LogP) is 5.89. The molecule has 0 saturated heterocycles. The van der Waals surface area contributed by atoms with Crippen molar-refractivity contribution in [1.82, 2.24) is 10.3 Å². The number of anilines is 1. The number of thiocarbonyl (C=S) groups is 1. The molecule has 0 radical (unpaired) electrons. The number of amides is 1. The molecule has 2 N–H and O–H groups in total. The van der Waals surface area contributed by atoms with Gasteiger partial charge in [-0.25, -0.2) is 4.98 Å². The summed E-state index contributed by atoms with van der Waals surface area (Å²) < 4.78 is 5.93. The van der Waals surface area contributed by atoms with Crippen molar-refractivity contribution in [2.45, 2.75) is 13.8 Å². The molecule has 0 unspecified atom stereocenters. The maximum atomic E-state index is 12.3. The van der Waals surface area contributed by atoms with Crippen LogP contribution in [-0.4, -0.2) is 16.0 Å². The van der Waals surface area contributed by atoms with Crippen LogP contribution in [-0.2, 0) is 0 Å². The molecule has 0 aliphatic heterocycles. The SMILES string of the molecule is Cc1cccc(-c2nc3cc(NC(=S)NC(=O)c4ccccc4Cl)ccc3o2)c1C. The molecule has 0 aliphatic rings. The molecule has 7 heteroatoms. The zero-order valence-corrected chi connectivity index (χ0v) is 17.9. The normalized spacial score (nSPS) is 10.8. The second-order valence-electron chi connectivity index (χ2n) is 6.84. The molecule has 3 aromatic carbocycles. The Kier molecular flexibility index (Phi) is 5.53. The highest BCUT2D eigenvalue weighted by Crippen LogP contribution is 2.29. The van der Waals surface area contributed by atoms with E-state index in [0.717, 1.165) is 11.1 Å². The number of nitrogens with one attached hydrogen (secondary N) is 2. The first-order valence-electron chi connectivity index (χ1n) is 9.26. The first-order valence-corrected chi connectivity index (χ1v) is 10.0. The minimum Gasteiger partial charge on any atom is -0.436 e. The standard InChI is InChI=1S/C23H18ClN3O2S/c1-13-6-5-8-16(14(13)2)22-26-19-12-15(10-11-20(19)29-22)25-23(30)27-21(28)17-7-3-4-9-18(17)24/h3-12H,1-2H3,(H2,25,27,28,30). The molecule has 1 heterocycles. The molecular weight excluding hydrogens is 418 g/mol. The van der Waals surface area contributed by atoms with E-state index in [4.69, 9.17) is 28.2 Å². The molecule has 0 saturated carbocycles. The predicted molar refractivity (Wildman–Crippen MR) is 124 cm³/mol. The molecular formula is C23H18ClN3O2S. The van der Waals surface area contributed by atoms with E-state index in [9.17, 15) is 4.79 Å². The van der Waals surface area contributed by atoms with Gasteiger partial charge in [-0.2, -0.15) is 0 Å². The Bertz CT molecular complexity index is 1280. The molecule has 0 fully saturated rings. The summed E-state index contributed by atoms with van der Waals surface area (Å²) in [5.74, 6) is 0.191. The summed E-state index contributed by atoms with van der Waals surface area (Å²) in [7, 11) is 0. The van der Waals surface area contributed by atoms with Gasteiger partial charge in [-0.3, -0.25) is 10.1 Å². The fourth-order valence-electron chi connectivity index (χ4n) is 3.08. The highest BCUT2D eigenvalue weighted by molar-refractivity contribution is 7.80. The van der Waals surface area contributed by atoms with Crippen LogP contribution in [0.1, 0.15) is 21.5 Å². The van der Waals surface area contributed by atoms with Crippen LogP contribution in [0.5, 0.6) is 0 Å². The highest BCUT2D eigenvalue weighted by Gasteiger charge is 2.14. The van der Waals surface area contributed by atoms with Crippen LogP contribution >= 0.6 is 23.8 Å². The molecule has 1 aromatic heterocycles. The summed E-state index contributed by atoms with van der Waals surface area (Å²) >= 11 is 11.3. The van der Waals surface area contributed by atoms with Crippen molar-refractivity contribution >= 4 is 51.6 Å². The average molecular weight is 436 g/mol. The van der Waals surface area contributed by atoms with Crippen molar-refractivity contribution in [1.29, 1.82) is 0 Å². The minimum atomic E-state index is -0.377. The lowest BCUT2D eigenvalue weighted by atomic mass is 10.0.